The Morgan fingerprint density at radius 3 is 2.70 bits per heavy atom. The van der Waals surface area contributed by atoms with E-state index in [4.69, 9.17) is 20.4 Å². The number of likely N-dealkylation sites (tertiary alicyclic amines) is 1. The molecule has 1 fully saturated rings. The molecular formula is C37H43N7O3. The highest BCUT2D eigenvalue weighted by Crippen LogP contribution is 2.35. The first-order chi connectivity index (χ1) is 22.7. The molecule has 0 aliphatic carbocycles. The van der Waals surface area contributed by atoms with Crippen LogP contribution in [0.1, 0.15) is 82.6 Å². The first-order valence-corrected chi connectivity index (χ1v) is 16.7. The zero-order valence-corrected chi connectivity index (χ0v) is 27.7. The third-order valence-corrected chi connectivity index (χ3v) is 9.85. The van der Waals surface area contributed by atoms with Crippen molar-refractivity contribution in [2.75, 3.05) is 20.2 Å². The Morgan fingerprint density at radius 2 is 1.89 bits per heavy atom. The molecule has 47 heavy (non-hydrogen) atoms. The smallest absolute Gasteiger partial charge is 0.254 e. The number of benzene rings is 2. The van der Waals surface area contributed by atoms with Crippen molar-refractivity contribution >= 4 is 33.9 Å². The van der Waals surface area contributed by atoms with Crippen molar-refractivity contribution in [2.45, 2.75) is 71.0 Å². The number of nitrogens with two attached hydrogens (primary N) is 1. The van der Waals surface area contributed by atoms with Gasteiger partial charge in [-0.3, -0.25) is 9.59 Å². The summed E-state index contributed by atoms with van der Waals surface area (Å²) in [5, 5.41) is 4.22. The second-order valence-corrected chi connectivity index (χ2v) is 13.1. The molecule has 5 heterocycles. The standard InChI is InChI=1S/C37H43N7O3/c1-22-10-8-12-24-11-6-5-7-17-44-30(19-25-14-15-28(40-34(25)44)23(2)39-36(45)32(22)24)35-41-29-18-26(20-31(47-4)33(29)42(35)3)37(46)43-16-9-13-27(38)21-43/h8,10,12,14-15,18-20,23,27H,5-7,9,11,13,16-17,21,38H2,1-4H3,(H,39,45)/t23-,27-/m1/s1. The zero-order chi connectivity index (χ0) is 32.8. The van der Waals surface area contributed by atoms with Gasteiger partial charge in [0.2, 0.25) is 0 Å². The molecule has 10 nitrogen and oxygen atoms in total. The summed E-state index contributed by atoms with van der Waals surface area (Å²) in [4.78, 5) is 39.1. The van der Waals surface area contributed by atoms with Gasteiger partial charge in [0, 0.05) is 49.2 Å². The molecule has 0 saturated carbocycles. The molecule has 244 valence electrons. The Bertz CT molecular complexity index is 2010. The minimum atomic E-state index is -0.278. The molecule has 0 radical (unpaired) electrons. The summed E-state index contributed by atoms with van der Waals surface area (Å²) in [6.07, 6.45) is 5.63. The largest absolute Gasteiger partial charge is 0.494 e. The van der Waals surface area contributed by atoms with E-state index in [2.05, 4.69) is 28.1 Å². The highest BCUT2D eigenvalue weighted by Gasteiger charge is 2.26. The molecule has 5 aromatic rings. The number of piperidine rings is 1. The van der Waals surface area contributed by atoms with Gasteiger partial charge in [0.1, 0.15) is 16.9 Å². The Labute approximate surface area is 274 Å². The number of nitrogens with zero attached hydrogens (tertiary/aromatic N) is 5. The lowest BCUT2D eigenvalue weighted by molar-refractivity contribution is 0.0708. The summed E-state index contributed by atoms with van der Waals surface area (Å²) in [5.74, 6) is 1.26. The van der Waals surface area contributed by atoms with Crippen molar-refractivity contribution in [3.8, 4) is 17.3 Å². The van der Waals surface area contributed by atoms with Gasteiger partial charge in [-0.15, -0.1) is 0 Å². The maximum Gasteiger partial charge on any atom is 0.254 e. The van der Waals surface area contributed by atoms with E-state index in [9.17, 15) is 9.59 Å². The number of hydrogen-bond donors (Lipinski definition) is 2. The van der Waals surface area contributed by atoms with Crippen LogP contribution in [0.3, 0.4) is 0 Å². The number of carbonyl (C=O) groups is 2. The number of aromatic nitrogens is 4. The van der Waals surface area contributed by atoms with Crippen molar-refractivity contribution in [1.82, 2.24) is 29.3 Å². The van der Waals surface area contributed by atoms with Crippen LogP contribution in [0.25, 0.3) is 33.6 Å². The van der Waals surface area contributed by atoms with Crippen LogP contribution in [0.5, 0.6) is 5.75 Å². The number of ether oxygens (including phenoxy) is 1. The number of aryl methyl sites for hydroxylation is 4. The van der Waals surface area contributed by atoms with Crippen LogP contribution in [0.2, 0.25) is 0 Å². The molecule has 2 amide bonds. The first kappa shape index (κ1) is 30.9. The number of nitrogens with one attached hydrogen (secondary N) is 1. The van der Waals surface area contributed by atoms with E-state index in [0.717, 1.165) is 95.5 Å². The highest BCUT2D eigenvalue weighted by molar-refractivity contribution is 6.00. The normalized spacial score (nSPS) is 19.1. The summed E-state index contributed by atoms with van der Waals surface area (Å²) in [6.45, 7) is 6.01. The van der Waals surface area contributed by atoms with E-state index >= 15 is 0 Å². The van der Waals surface area contributed by atoms with Crippen LogP contribution in [0, 0.1) is 6.92 Å². The molecule has 3 aromatic heterocycles. The minimum absolute atomic E-state index is 0.00192. The molecule has 1 saturated heterocycles. The first-order valence-electron chi connectivity index (χ1n) is 16.7. The summed E-state index contributed by atoms with van der Waals surface area (Å²) in [6, 6.07) is 15.7. The third kappa shape index (κ3) is 5.65. The van der Waals surface area contributed by atoms with Gasteiger partial charge in [0.25, 0.3) is 11.8 Å². The maximum atomic E-state index is 13.5. The van der Waals surface area contributed by atoms with Gasteiger partial charge >= 0.3 is 0 Å². The van der Waals surface area contributed by atoms with Crippen LogP contribution >= 0.6 is 0 Å². The van der Waals surface area contributed by atoms with Gasteiger partial charge < -0.3 is 29.8 Å². The number of fused-ring (bicyclic) bond motifs is 3. The van der Waals surface area contributed by atoms with Crippen LogP contribution in [0.15, 0.2) is 48.5 Å². The fourth-order valence-corrected chi connectivity index (χ4v) is 7.36. The average molecular weight is 634 g/mol. The summed E-state index contributed by atoms with van der Waals surface area (Å²) in [5.41, 5.74) is 13.7. The molecule has 2 atom stereocenters. The predicted octanol–water partition coefficient (Wildman–Crippen LogP) is 5.69. The second kappa shape index (κ2) is 12.5. The van der Waals surface area contributed by atoms with E-state index in [0.29, 0.717) is 29.9 Å². The highest BCUT2D eigenvalue weighted by atomic mass is 16.5. The molecule has 2 bridgehead atoms. The van der Waals surface area contributed by atoms with E-state index < -0.39 is 0 Å². The maximum absolute atomic E-state index is 13.5. The average Bonchev–Trinajstić information content (AvgIpc) is 3.59. The van der Waals surface area contributed by atoms with E-state index in [1.54, 1.807) is 7.11 Å². The van der Waals surface area contributed by atoms with Gasteiger partial charge in [0.15, 0.2) is 5.82 Å². The fraction of sp³-hybridized carbons (Fsp3) is 0.405. The van der Waals surface area contributed by atoms with Crippen LogP contribution in [-0.2, 0) is 20.0 Å². The topological polar surface area (TPSA) is 120 Å². The number of rotatable bonds is 3. The van der Waals surface area contributed by atoms with E-state index in [1.807, 2.05) is 60.7 Å². The van der Waals surface area contributed by atoms with Gasteiger partial charge in [-0.25, -0.2) is 9.97 Å². The molecule has 10 heteroatoms. The Hall–Kier alpha value is -4.70. The van der Waals surface area contributed by atoms with Crippen LogP contribution < -0.4 is 15.8 Å². The van der Waals surface area contributed by atoms with Crippen LogP contribution in [0.4, 0.5) is 0 Å². The van der Waals surface area contributed by atoms with E-state index in [1.165, 1.54) is 0 Å². The molecule has 0 unspecified atom stereocenters. The van der Waals surface area contributed by atoms with Crippen molar-refractivity contribution in [1.29, 1.82) is 0 Å². The number of hydrogen-bond acceptors (Lipinski definition) is 6. The SMILES string of the molecule is COc1cc(C(=O)N2CCC[C@@H](N)C2)cc2nc(-c3cc4ccc5nc4n3CCCCCc3cccc(C)c3C(=O)N[C@@H]5C)n(C)c12. The third-order valence-electron chi connectivity index (χ3n) is 9.85. The molecule has 3 N–H and O–H groups in total. The molecule has 2 aromatic carbocycles. The Balaban J connectivity index is 1.30. The van der Waals surface area contributed by atoms with E-state index in [-0.39, 0.29) is 23.9 Å². The summed E-state index contributed by atoms with van der Waals surface area (Å²) in [7, 11) is 3.62. The second-order valence-electron chi connectivity index (χ2n) is 13.1. The summed E-state index contributed by atoms with van der Waals surface area (Å²) < 4.78 is 10.1. The van der Waals surface area contributed by atoms with Crippen molar-refractivity contribution < 1.29 is 14.3 Å². The van der Waals surface area contributed by atoms with Crippen LogP contribution in [-0.4, -0.2) is 62.1 Å². The lowest BCUT2D eigenvalue weighted by atomic mass is 9.96. The summed E-state index contributed by atoms with van der Waals surface area (Å²) >= 11 is 0. The van der Waals surface area contributed by atoms with Crippen molar-refractivity contribution in [3.63, 3.8) is 0 Å². The lowest BCUT2D eigenvalue weighted by Gasteiger charge is -2.30. The Morgan fingerprint density at radius 1 is 1.04 bits per heavy atom. The predicted molar refractivity (Wildman–Crippen MR) is 184 cm³/mol. The monoisotopic (exact) mass is 633 g/mol. The molecule has 2 aliphatic heterocycles. The van der Waals surface area contributed by atoms with Gasteiger partial charge in [-0.05, 0) is 87.4 Å². The number of pyridine rings is 1. The van der Waals surface area contributed by atoms with Gasteiger partial charge in [-0.2, -0.15) is 0 Å². The van der Waals surface area contributed by atoms with Crippen molar-refractivity contribution in [2.24, 2.45) is 12.8 Å². The van der Waals surface area contributed by atoms with Crippen molar-refractivity contribution in [3.05, 3.63) is 76.5 Å². The molecule has 0 spiro atoms. The van der Waals surface area contributed by atoms with Gasteiger partial charge in [0.05, 0.1) is 30.1 Å². The fourth-order valence-electron chi connectivity index (χ4n) is 7.36. The number of carbonyl (C=O) groups excluding carboxylic acids is 2. The molecule has 7 rings (SSSR count). The number of methoxy groups -OCH3 is 1. The number of imidazole rings is 1. The molecule has 2 aliphatic rings. The molecular weight excluding hydrogens is 590 g/mol. The quantitative estimate of drug-likeness (QED) is 0.264. The lowest BCUT2D eigenvalue weighted by Crippen LogP contribution is -2.45. The van der Waals surface area contributed by atoms with Gasteiger partial charge in [-0.1, -0.05) is 24.6 Å². The Kier molecular flexibility index (Phi) is 8.21. The zero-order valence-electron chi connectivity index (χ0n) is 27.7. The number of amides is 2. The minimum Gasteiger partial charge on any atom is -0.494 e.